The number of fused-ring (bicyclic) bond motifs is 3. The number of carbonyl (C=O) groups is 1. The number of hydrogen-bond donors (Lipinski definition) is 2. The monoisotopic (exact) mass is 327 g/mol. The fraction of sp³-hybridized carbons (Fsp3) is 0.316. The van der Waals surface area contributed by atoms with Crippen LogP contribution in [0.15, 0.2) is 40.8 Å². The third-order valence-corrected chi connectivity index (χ3v) is 4.14. The van der Waals surface area contributed by atoms with Crippen molar-refractivity contribution in [1.82, 2.24) is 0 Å². The van der Waals surface area contributed by atoms with Crippen molar-refractivity contribution >= 4 is 33.5 Å². The molecule has 0 bridgehead atoms. The summed E-state index contributed by atoms with van der Waals surface area (Å²) in [5.74, 6) is 0.321. The van der Waals surface area contributed by atoms with Crippen LogP contribution in [0.2, 0.25) is 0 Å². The fourth-order valence-electron chi connectivity index (χ4n) is 2.64. The SMILES string of the molecule is COc1cc2c(cc1NC(=O)CC(O)C(C)C)oc1ccccc12. The molecule has 0 aliphatic heterocycles. The number of benzene rings is 2. The molecular formula is C19H21NO4. The molecule has 1 heterocycles. The number of hydrogen-bond acceptors (Lipinski definition) is 4. The number of amides is 1. The zero-order valence-corrected chi connectivity index (χ0v) is 14.0. The van der Waals surface area contributed by atoms with E-state index in [-0.39, 0.29) is 18.2 Å². The highest BCUT2D eigenvalue weighted by Gasteiger charge is 2.17. The molecule has 5 nitrogen and oxygen atoms in total. The minimum absolute atomic E-state index is 0.0236. The van der Waals surface area contributed by atoms with Crippen molar-refractivity contribution in [3.63, 3.8) is 0 Å². The number of nitrogens with one attached hydrogen (secondary N) is 1. The molecule has 5 heteroatoms. The molecule has 0 radical (unpaired) electrons. The molecular weight excluding hydrogens is 306 g/mol. The summed E-state index contributed by atoms with van der Waals surface area (Å²) in [5, 5.41) is 14.6. The first-order chi connectivity index (χ1) is 11.5. The van der Waals surface area contributed by atoms with Crippen LogP contribution in [0.3, 0.4) is 0 Å². The molecule has 1 amide bonds. The Morgan fingerprint density at radius 1 is 1.21 bits per heavy atom. The maximum absolute atomic E-state index is 12.1. The molecule has 0 spiro atoms. The second kappa shape index (κ2) is 6.53. The van der Waals surface area contributed by atoms with Gasteiger partial charge in [-0.05, 0) is 18.1 Å². The first-order valence-electron chi connectivity index (χ1n) is 7.96. The number of para-hydroxylation sites is 1. The summed E-state index contributed by atoms with van der Waals surface area (Å²) in [4.78, 5) is 12.1. The first kappa shape index (κ1) is 16.3. The number of methoxy groups -OCH3 is 1. The van der Waals surface area contributed by atoms with Crippen LogP contribution in [0.4, 0.5) is 5.69 Å². The van der Waals surface area contributed by atoms with Gasteiger partial charge in [-0.15, -0.1) is 0 Å². The normalized spacial score (nSPS) is 12.7. The molecule has 0 saturated carbocycles. The highest BCUT2D eigenvalue weighted by molar-refractivity contribution is 6.07. The Kier molecular flexibility index (Phi) is 4.44. The largest absolute Gasteiger partial charge is 0.495 e. The molecule has 0 fully saturated rings. The number of carbonyl (C=O) groups excluding carboxylic acids is 1. The van der Waals surface area contributed by atoms with Crippen molar-refractivity contribution < 1.29 is 19.1 Å². The lowest BCUT2D eigenvalue weighted by Crippen LogP contribution is -2.23. The van der Waals surface area contributed by atoms with Crippen LogP contribution < -0.4 is 10.1 Å². The standard InChI is InChI=1S/C19H21NO4/c1-11(2)15(21)10-19(22)20-14-9-17-13(8-18(14)23-3)12-6-4-5-7-16(12)24-17/h4-9,11,15,21H,10H2,1-3H3,(H,20,22). The predicted molar refractivity (Wildman–Crippen MR) is 94.4 cm³/mol. The zero-order valence-electron chi connectivity index (χ0n) is 14.0. The van der Waals surface area contributed by atoms with Gasteiger partial charge in [0, 0.05) is 16.8 Å². The van der Waals surface area contributed by atoms with E-state index >= 15 is 0 Å². The van der Waals surface area contributed by atoms with Gasteiger partial charge in [-0.1, -0.05) is 32.0 Å². The van der Waals surface area contributed by atoms with E-state index < -0.39 is 6.10 Å². The molecule has 126 valence electrons. The topological polar surface area (TPSA) is 71.7 Å². The highest BCUT2D eigenvalue weighted by atomic mass is 16.5. The van der Waals surface area contributed by atoms with Gasteiger partial charge in [0.15, 0.2) is 0 Å². The summed E-state index contributed by atoms with van der Waals surface area (Å²) in [6.07, 6.45) is -0.634. The van der Waals surface area contributed by atoms with Crippen molar-refractivity contribution in [2.45, 2.75) is 26.4 Å². The summed E-state index contributed by atoms with van der Waals surface area (Å²) in [6, 6.07) is 11.4. The van der Waals surface area contributed by atoms with E-state index in [0.29, 0.717) is 17.0 Å². The van der Waals surface area contributed by atoms with Crippen molar-refractivity contribution in [2.75, 3.05) is 12.4 Å². The Morgan fingerprint density at radius 3 is 2.67 bits per heavy atom. The van der Waals surface area contributed by atoms with E-state index in [9.17, 15) is 9.90 Å². The van der Waals surface area contributed by atoms with E-state index in [0.717, 1.165) is 16.4 Å². The second-order valence-corrected chi connectivity index (χ2v) is 6.21. The predicted octanol–water partition coefficient (Wildman–Crippen LogP) is 3.94. The van der Waals surface area contributed by atoms with Crippen molar-refractivity contribution in [3.05, 3.63) is 36.4 Å². The van der Waals surface area contributed by atoms with Crippen LogP contribution in [-0.4, -0.2) is 24.2 Å². The van der Waals surface area contributed by atoms with E-state index in [1.54, 1.807) is 13.2 Å². The van der Waals surface area contributed by atoms with Gasteiger partial charge in [0.1, 0.15) is 16.9 Å². The smallest absolute Gasteiger partial charge is 0.227 e. The average Bonchev–Trinajstić information content (AvgIpc) is 2.91. The van der Waals surface area contributed by atoms with Gasteiger partial charge in [-0.25, -0.2) is 0 Å². The van der Waals surface area contributed by atoms with Gasteiger partial charge in [0.2, 0.25) is 5.91 Å². The lowest BCUT2D eigenvalue weighted by Gasteiger charge is -2.15. The second-order valence-electron chi connectivity index (χ2n) is 6.21. The van der Waals surface area contributed by atoms with Crippen LogP contribution in [0.5, 0.6) is 5.75 Å². The van der Waals surface area contributed by atoms with E-state index in [4.69, 9.17) is 9.15 Å². The number of ether oxygens (including phenoxy) is 1. The maximum atomic E-state index is 12.1. The number of furan rings is 1. The third kappa shape index (κ3) is 3.08. The molecule has 0 aliphatic carbocycles. The van der Waals surface area contributed by atoms with Gasteiger partial charge in [-0.3, -0.25) is 4.79 Å². The van der Waals surface area contributed by atoms with Gasteiger partial charge in [0.05, 0.1) is 25.3 Å². The molecule has 24 heavy (non-hydrogen) atoms. The quantitative estimate of drug-likeness (QED) is 0.744. The summed E-state index contributed by atoms with van der Waals surface area (Å²) in [6.45, 7) is 3.75. The summed E-state index contributed by atoms with van der Waals surface area (Å²) in [5.41, 5.74) is 2.00. The molecule has 3 rings (SSSR count). The lowest BCUT2D eigenvalue weighted by molar-refractivity contribution is -0.118. The fourth-order valence-corrected chi connectivity index (χ4v) is 2.64. The Bertz CT molecular complexity index is 882. The Morgan fingerprint density at radius 2 is 1.96 bits per heavy atom. The van der Waals surface area contributed by atoms with Crippen molar-refractivity contribution in [3.8, 4) is 5.75 Å². The minimum Gasteiger partial charge on any atom is -0.495 e. The van der Waals surface area contributed by atoms with Crippen molar-refractivity contribution in [1.29, 1.82) is 0 Å². The van der Waals surface area contributed by atoms with E-state index in [1.165, 1.54) is 0 Å². The molecule has 2 N–H and O–H groups in total. The molecule has 3 aromatic rings. The van der Waals surface area contributed by atoms with E-state index in [2.05, 4.69) is 5.32 Å². The molecule has 0 aliphatic rings. The first-order valence-corrected chi connectivity index (χ1v) is 7.96. The Balaban J connectivity index is 1.95. The van der Waals surface area contributed by atoms with Crippen LogP contribution in [0.25, 0.3) is 21.9 Å². The van der Waals surface area contributed by atoms with Gasteiger partial charge >= 0.3 is 0 Å². The zero-order chi connectivity index (χ0) is 17.3. The Labute approximate surface area is 140 Å². The van der Waals surface area contributed by atoms with Crippen LogP contribution >= 0.6 is 0 Å². The van der Waals surface area contributed by atoms with Crippen molar-refractivity contribution in [2.24, 2.45) is 5.92 Å². The molecule has 2 aromatic carbocycles. The van der Waals surface area contributed by atoms with Gasteiger partial charge < -0.3 is 19.6 Å². The molecule has 1 unspecified atom stereocenters. The summed E-state index contributed by atoms with van der Waals surface area (Å²) >= 11 is 0. The molecule has 0 saturated heterocycles. The highest BCUT2D eigenvalue weighted by Crippen LogP contribution is 2.36. The van der Waals surface area contributed by atoms with E-state index in [1.807, 2.05) is 44.2 Å². The molecule has 1 aromatic heterocycles. The van der Waals surface area contributed by atoms with Gasteiger partial charge in [0.25, 0.3) is 0 Å². The number of aliphatic hydroxyl groups excluding tert-OH is 1. The van der Waals surface area contributed by atoms with Crippen LogP contribution in [0.1, 0.15) is 20.3 Å². The summed E-state index contributed by atoms with van der Waals surface area (Å²) < 4.78 is 11.2. The number of rotatable bonds is 5. The third-order valence-electron chi connectivity index (χ3n) is 4.14. The van der Waals surface area contributed by atoms with Crippen LogP contribution in [-0.2, 0) is 4.79 Å². The maximum Gasteiger partial charge on any atom is 0.227 e. The lowest BCUT2D eigenvalue weighted by atomic mass is 10.0. The molecule has 1 atom stereocenters. The Hall–Kier alpha value is -2.53. The summed E-state index contributed by atoms with van der Waals surface area (Å²) in [7, 11) is 1.56. The van der Waals surface area contributed by atoms with Gasteiger partial charge in [-0.2, -0.15) is 0 Å². The average molecular weight is 327 g/mol. The minimum atomic E-state index is -0.675. The van der Waals surface area contributed by atoms with Crippen LogP contribution in [0, 0.1) is 5.92 Å². The number of aliphatic hydroxyl groups is 1. The number of anilines is 1.